The maximum absolute atomic E-state index is 12.2. The molecular formula is C13H10ClN2O3S+. The first-order chi connectivity index (χ1) is 9.45. The van der Waals surface area contributed by atoms with E-state index in [-0.39, 0.29) is 21.4 Å². The maximum Gasteiger partial charge on any atom is 0.430 e. The lowest BCUT2D eigenvalue weighted by Crippen LogP contribution is -2.10. The fraction of sp³-hybridized carbons (Fsp3) is 0.0769. The predicted octanol–water partition coefficient (Wildman–Crippen LogP) is 3.90. The molecule has 0 atom stereocenters. The Kier molecular flexibility index (Phi) is 3.93. The lowest BCUT2D eigenvalue weighted by atomic mass is 10.2. The van der Waals surface area contributed by atoms with E-state index in [4.69, 9.17) is 21.2 Å². The quantitative estimate of drug-likeness (QED) is 0.636. The third kappa shape index (κ3) is 2.74. The normalized spacial score (nSPS) is 10.8. The lowest BCUT2D eigenvalue weighted by molar-refractivity contribution is 0.487. The minimum absolute atomic E-state index is 0.0580. The van der Waals surface area contributed by atoms with Crippen LogP contribution in [0.1, 0.15) is 5.56 Å². The molecule has 0 aliphatic rings. The predicted molar refractivity (Wildman–Crippen MR) is 75.2 cm³/mol. The number of aryl methyl sites for hydroxylation is 1. The van der Waals surface area contributed by atoms with Gasteiger partial charge in [-0.1, -0.05) is 35.9 Å². The highest BCUT2D eigenvalue weighted by Gasteiger charge is 2.26. The van der Waals surface area contributed by atoms with Crippen LogP contribution in [0.2, 0.25) is 5.02 Å². The van der Waals surface area contributed by atoms with Gasteiger partial charge >= 0.3 is 15.8 Å². The molecule has 0 saturated carbocycles. The van der Waals surface area contributed by atoms with Crippen LogP contribution < -0.4 is 4.18 Å². The Morgan fingerprint density at radius 2 is 1.85 bits per heavy atom. The minimum Gasteiger partial charge on any atom is -0.370 e. The molecule has 0 fully saturated rings. The van der Waals surface area contributed by atoms with E-state index >= 15 is 0 Å². The topological polar surface area (TPSA) is 71.5 Å². The van der Waals surface area contributed by atoms with E-state index in [1.807, 2.05) is 0 Å². The van der Waals surface area contributed by atoms with E-state index in [0.717, 1.165) is 0 Å². The number of halogens is 1. The van der Waals surface area contributed by atoms with E-state index in [1.54, 1.807) is 25.1 Å². The van der Waals surface area contributed by atoms with Gasteiger partial charge < -0.3 is 4.18 Å². The molecule has 0 aliphatic heterocycles. The molecule has 0 spiro atoms. The molecule has 5 nitrogen and oxygen atoms in total. The maximum atomic E-state index is 12.2. The average molecular weight is 310 g/mol. The van der Waals surface area contributed by atoms with Gasteiger partial charge in [0.1, 0.15) is 4.90 Å². The largest absolute Gasteiger partial charge is 0.430 e. The second kappa shape index (κ2) is 5.49. The van der Waals surface area contributed by atoms with E-state index in [2.05, 4.69) is 4.98 Å². The molecule has 0 unspecified atom stereocenters. The van der Waals surface area contributed by atoms with Crippen molar-refractivity contribution in [2.24, 2.45) is 0 Å². The van der Waals surface area contributed by atoms with Crippen LogP contribution in [-0.4, -0.2) is 8.42 Å². The van der Waals surface area contributed by atoms with Crippen LogP contribution >= 0.6 is 11.6 Å². The summed E-state index contributed by atoms with van der Waals surface area (Å²) in [6.07, 6.45) is 0. The van der Waals surface area contributed by atoms with Gasteiger partial charge in [-0.2, -0.15) is 8.42 Å². The highest BCUT2D eigenvalue weighted by atomic mass is 35.5. The van der Waals surface area contributed by atoms with Gasteiger partial charge in [-0.3, -0.25) is 0 Å². The number of hydrogen-bond donors (Lipinski definition) is 0. The van der Waals surface area contributed by atoms with Crippen molar-refractivity contribution in [3.63, 3.8) is 0 Å². The highest BCUT2D eigenvalue weighted by Crippen LogP contribution is 2.34. The summed E-state index contributed by atoms with van der Waals surface area (Å²) in [7, 11) is -4.10. The molecule has 0 saturated heterocycles. The third-order valence-electron chi connectivity index (χ3n) is 2.61. The van der Waals surface area contributed by atoms with Crippen LogP contribution in [-0.2, 0) is 10.1 Å². The Morgan fingerprint density at radius 3 is 2.50 bits per heavy atom. The molecule has 20 heavy (non-hydrogen) atoms. The first-order valence-electron chi connectivity index (χ1n) is 5.59. The number of hydrogen-bond acceptors (Lipinski definition) is 4. The Morgan fingerprint density at radius 1 is 1.15 bits per heavy atom. The smallest absolute Gasteiger partial charge is 0.370 e. The summed E-state index contributed by atoms with van der Waals surface area (Å²) in [5.41, 5.74) is 0.641. The van der Waals surface area contributed by atoms with Gasteiger partial charge in [0.05, 0.1) is 5.02 Å². The second-order valence-corrected chi connectivity index (χ2v) is 5.91. The van der Waals surface area contributed by atoms with Crippen LogP contribution in [0.4, 0.5) is 5.69 Å². The Balaban J connectivity index is 2.48. The summed E-state index contributed by atoms with van der Waals surface area (Å²) in [5, 5.41) is 9.00. The SMILES string of the molecule is Cc1cccc(OS(=O)(=O)c2ccccc2Cl)c1[N+]#N. The molecule has 2 rings (SSSR count). The Labute approximate surface area is 121 Å². The van der Waals surface area contributed by atoms with Gasteiger partial charge in [-0.15, -0.1) is 0 Å². The number of nitrogens with zero attached hydrogens (tertiary/aromatic N) is 2. The standard InChI is InChI=1S/C13H10ClN2O3S/c1-9-5-4-7-11(13(9)16-15)19-20(17,18)12-8-3-2-6-10(12)14/h2-8H,1H3/q+1. The van der Waals surface area contributed by atoms with Crippen LogP contribution in [0.5, 0.6) is 5.75 Å². The number of diazo groups is 1. The number of rotatable bonds is 3. The first kappa shape index (κ1) is 14.3. The second-order valence-electron chi connectivity index (χ2n) is 3.99. The van der Waals surface area contributed by atoms with Crippen LogP contribution in [0.25, 0.3) is 4.98 Å². The van der Waals surface area contributed by atoms with Crippen molar-refractivity contribution in [3.8, 4) is 5.75 Å². The molecule has 102 valence electrons. The van der Waals surface area contributed by atoms with Gasteiger partial charge in [0.2, 0.25) is 11.1 Å². The van der Waals surface area contributed by atoms with Crippen molar-refractivity contribution in [1.29, 1.82) is 5.39 Å². The van der Waals surface area contributed by atoms with E-state index in [1.165, 1.54) is 24.3 Å². The zero-order valence-electron chi connectivity index (χ0n) is 10.4. The zero-order chi connectivity index (χ0) is 14.8. The summed E-state index contributed by atoms with van der Waals surface area (Å²) in [5.74, 6) is -0.0626. The van der Waals surface area contributed by atoms with Crippen LogP contribution in [0.3, 0.4) is 0 Å². The molecular weight excluding hydrogens is 300 g/mol. The van der Waals surface area contributed by atoms with Crippen molar-refractivity contribution in [3.05, 3.63) is 58.0 Å². The number of benzene rings is 2. The third-order valence-corrected chi connectivity index (χ3v) is 4.34. The fourth-order valence-corrected chi connectivity index (χ4v) is 3.07. The first-order valence-corrected chi connectivity index (χ1v) is 7.38. The fourth-order valence-electron chi connectivity index (χ4n) is 1.64. The van der Waals surface area contributed by atoms with E-state index < -0.39 is 10.1 Å². The summed E-state index contributed by atoms with van der Waals surface area (Å²) in [6.45, 7) is 1.67. The molecule has 0 radical (unpaired) electrons. The average Bonchev–Trinajstić information content (AvgIpc) is 2.39. The van der Waals surface area contributed by atoms with Gasteiger partial charge in [0.25, 0.3) is 0 Å². The molecule has 0 amide bonds. The van der Waals surface area contributed by atoms with Crippen molar-refractivity contribution >= 4 is 27.4 Å². The van der Waals surface area contributed by atoms with Gasteiger partial charge in [-0.05, 0) is 25.1 Å². The van der Waals surface area contributed by atoms with Crippen molar-refractivity contribution in [1.82, 2.24) is 0 Å². The molecule has 0 aliphatic carbocycles. The summed E-state index contributed by atoms with van der Waals surface area (Å²) in [6, 6.07) is 10.6. The van der Waals surface area contributed by atoms with Crippen LogP contribution in [0.15, 0.2) is 47.4 Å². The molecule has 0 aromatic heterocycles. The summed E-state index contributed by atoms with van der Waals surface area (Å²) >= 11 is 5.85. The Hall–Kier alpha value is -2.10. The van der Waals surface area contributed by atoms with Crippen molar-refractivity contribution in [2.45, 2.75) is 11.8 Å². The monoisotopic (exact) mass is 309 g/mol. The zero-order valence-corrected chi connectivity index (χ0v) is 12.0. The van der Waals surface area contributed by atoms with Gasteiger partial charge in [-0.25, -0.2) is 0 Å². The lowest BCUT2D eigenvalue weighted by Gasteiger charge is -2.07. The van der Waals surface area contributed by atoms with Gasteiger partial charge in [0.15, 0.2) is 4.98 Å². The summed E-state index contributed by atoms with van der Waals surface area (Å²) < 4.78 is 29.3. The van der Waals surface area contributed by atoms with E-state index in [9.17, 15) is 8.42 Å². The molecule has 0 bridgehead atoms. The highest BCUT2D eigenvalue weighted by molar-refractivity contribution is 7.87. The molecule has 2 aromatic rings. The minimum atomic E-state index is -4.10. The molecule has 2 aromatic carbocycles. The molecule has 0 N–H and O–H groups in total. The van der Waals surface area contributed by atoms with Gasteiger partial charge in [0, 0.05) is 5.56 Å². The Bertz CT molecular complexity index is 798. The summed E-state index contributed by atoms with van der Waals surface area (Å²) in [4.78, 5) is 2.90. The molecule has 0 heterocycles. The molecule has 7 heteroatoms. The van der Waals surface area contributed by atoms with Crippen LogP contribution in [0, 0.1) is 12.3 Å². The van der Waals surface area contributed by atoms with E-state index in [0.29, 0.717) is 5.56 Å². The van der Waals surface area contributed by atoms with Crippen molar-refractivity contribution < 1.29 is 12.6 Å². The van der Waals surface area contributed by atoms with Crippen molar-refractivity contribution in [2.75, 3.05) is 0 Å².